The van der Waals surface area contributed by atoms with Crippen LogP contribution in [0.3, 0.4) is 0 Å². The van der Waals surface area contributed by atoms with Gasteiger partial charge in [0, 0.05) is 30.6 Å². The molecule has 2 aliphatic heterocycles. The lowest BCUT2D eigenvalue weighted by molar-refractivity contribution is -0.230. The van der Waals surface area contributed by atoms with Crippen LogP contribution in [-0.4, -0.2) is 77.1 Å². The normalized spacial score (nSPS) is 29.6. The highest BCUT2D eigenvalue weighted by Crippen LogP contribution is 2.56. The van der Waals surface area contributed by atoms with E-state index in [1.807, 2.05) is 0 Å². The van der Waals surface area contributed by atoms with E-state index in [9.17, 15) is 45.1 Å². The first-order chi connectivity index (χ1) is 20.3. The smallest absolute Gasteiger partial charge is 0.389 e. The Labute approximate surface area is 251 Å². The van der Waals surface area contributed by atoms with Gasteiger partial charge in [-0.2, -0.15) is 13.2 Å². The summed E-state index contributed by atoms with van der Waals surface area (Å²) in [6.07, 6.45) is -5.03. The Bertz CT molecular complexity index is 1660. The predicted molar refractivity (Wildman–Crippen MR) is 146 cm³/mol. The lowest BCUT2D eigenvalue weighted by atomic mass is 9.80. The highest BCUT2D eigenvalue weighted by atomic mass is 32.2. The van der Waals surface area contributed by atoms with Crippen LogP contribution in [0.1, 0.15) is 57.0 Å². The van der Waals surface area contributed by atoms with Gasteiger partial charge in [0.2, 0.25) is 17.5 Å². The first kappa shape index (κ1) is 30.9. The van der Waals surface area contributed by atoms with Gasteiger partial charge in [-0.05, 0) is 76.3 Å². The molecule has 44 heavy (non-hydrogen) atoms. The minimum absolute atomic E-state index is 0.0288. The Balaban J connectivity index is 1.46. The molecule has 2 aromatic rings. The van der Waals surface area contributed by atoms with Crippen LogP contribution in [-0.2, 0) is 36.3 Å². The molecule has 3 heterocycles. The summed E-state index contributed by atoms with van der Waals surface area (Å²) in [5, 5.41) is 10.5. The third kappa shape index (κ3) is 4.45. The van der Waals surface area contributed by atoms with E-state index in [-0.39, 0.29) is 66.2 Å². The average Bonchev–Trinajstić information content (AvgIpc) is 3.52. The maximum absolute atomic E-state index is 14.9. The summed E-state index contributed by atoms with van der Waals surface area (Å²) in [6, 6.07) is 4.36. The topological polar surface area (TPSA) is 108 Å². The predicted octanol–water partition coefficient (Wildman–Crippen LogP) is 3.80. The number of hydrogen-bond donors (Lipinski definition) is 1. The molecule has 3 unspecified atom stereocenters. The van der Waals surface area contributed by atoms with E-state index in [2.05, 4.69) is 4.98 Å². The van der Waals surface area contributed by atoms with Gasteiger partial charge < -0.3 is 14.9 Å². The molecule has 2 aliphatic carbocycles. The molecule has 1 aromatic carbocycles. The Morgan fingerprint density at radius 3 is 2.48 bits per heavy atom. The summed E-state index contributed by atoms with van der Waals surface area (Å²) in [7, 11) is -4.53. The van der Waals surface area contributed by atoms with Crippen LogP contribution in [0.5, 0.6) is 0 Å². The van der Waals surface area contributed by atoms with Crippen molar-refractivity contribution in [3.8, 4) is 0 Å². The molecule has 0 radical (unpaired) electrons. The van der Waals surface area contributed by atoms with Crippen molar-refractivity contribution in [3.63, 3.8) is 0 Å². The zero-order valence-electron chi connectivity index (χ0n) is 24.2. The second kappa shape index (κ2) is 9.68. The fourth-order valence-corrected chi connectivity index (χ4v) is 9.78. The lowest BCUT2D eigenvalue weighted by Gasteiger charge is -2.43. The number of hydrogen-bond acceptors (Lipinski definition) is 6. The second-order valence-corrected chi connectivity index (χ2v) is 15.3. The summed E-state index contributed by atoms with van der Waals surface area (Å²) in [4.78, 5) is 33.7. The second-order valence-electron chi connectivity index (χ2n) is 13.1. The largest absolute Gasteiger partial charge is 0.428 e. The van der Waals surface area contributed by atoms with Gasteiger partial charge >= 0.3 is 6.18 Å². The number of carbonyl (C=O) groups is 2. The van der Waals surface area contributed by atoms with Crippen LogP contribution in [0.15, 0.2) is 41.3 Å². The Kier molecular flexibility index (Phi) is 6.80. The number of aromatic nitrogens is 1. The van der Waals surface area contributed by atoms with Crippen LogP contribution in [0.2, 0.25) is 0 Å². The Morgan fingerprint density at radius 2 is 1.84 bits per heavy atom. The minimum Gasteiger partial charge on any atom is -0.389 e. The molecular formula is C30H32F5N3O5S. The number of aryl methyl sites for hydroxylation is 1. The number of β-amino-alcohol motifs (C(OH)–C–C–N with tert-alkyl or cyclic N) is 1. The number of pyridine rings is 1. The number of benzene rings is 1. The quantitative estimate of drug-likeness (QED) is 0.481. The number of alkyl halides is 4. The summed E-state index contributed by atoms with van der Waals surface area (Å²) >= 11 is 0. The number of amides is 2. The van der Waals surface area contributed by atoms with E-state index < -0.39 is 61.5 Å². The summed E-state index contributed by atoms with van der Waals surface area (Å²) in [5.74, 6) is -2.18. The van der Waals surface area contributed by atoms with E-state index in [0.29, 0.717) is 13.3 Å². The van der Waals surface area contributed by atoms with Crippen molar-refractivity contribution in [1.82, 2.24) is 14.8 Å². The molecule has 3 fully saturated rings. The van der Waals surface area contributed by atoms with Crippen LogP contribution < -0.4 is 0 Å². The van der Waals surface area contributed by atoms with Gasteiger partial charge in [0.1, 0.15) is 16.6 Å². The summed E-state index contributed by atoms with van der Waals surface area (Å²) in [5.41, 5.74) is -6.02. The third-order valence-corrected chi connectivity index (χ3v) is 12.1. The Morgan fingerprint density at radius 1 is 1.14 bits per heavy atom. The maximum atomic E-state index is 14.9. The highest BCUT2D eigenvalue weighted by Gasteiger charge is 2.66. The van der Waals surface area contributed by atoms with Crippen LogP contribution >= 0.6 is 0 Å². The van der Waals surface area contributed by atoms with E-state index in [0.717, 1.165) is 24.3 Å². The maximum Gasteiger partial charge on any atom is 0.428 e. The van der Waals surface area contributed by atoms with Crippen LogP contribution in [0.4, 0.5) is 22.0 Å². The van der Waals surface area contributed by atoms with Gasteiger partial charge in [0.25, 0.3) is 0 Å². The highest BCUT2D eigenvalue weighted by molar-refractivity contribution is 7.92. The molecule has 14 heteroatoms. The molecule has 2 amide bonds. The van der Waals surface area contributed by atoms with E-state index in [1.165, 1.54) is 35.8 Å². The number of carbonyl (C=O) groups excluding carboxylic acids is 2. The van der Waals surface area contributed by atoms with Crippen molar-refractivity contribution in [2.24, 2.45) is 11.8 Å². The van der Waals surface area contributed by atoms with Gasteiger partial charge in [0.05, 0.1) is 22.2 Å². The lowest BCUT2D eigenvalue weighted by Crippen LogP contribution is -2.57. The molecule has 6 rings (SSSR count). The van der Waals surface area contributed by atoms with Crippen LogP contribution in [0.25, 0.3) is 0 Å². The number of piperidine rings is 1. The fourth-order valence-electron chi connectivity index (χ4n) is 7.40. The van der Waals surface area contributed by atoms with Crippen molar-refractivity contribution >= 4 is 21.7 Å². The standard InChI is InChI=1S/C30H32F5N3O5S/c1-27(2,41)15-38-24(18-14-19(18)25(38)39)26(40)37-12-11-29(44(42,43)17-6-4-5-16(31)13-17)20-7-9-22(28(3,32)30(33,34)35)36-21(20)8-10-23(29)37/h4-7,9,13,18-19,23-24,41H,8,10-12,14-15H2,1-3H3/t18-,19+,23?,24-,28?,29?/m0/s1. The van der Waals surface area contributed by atoms with Gasteiger partial charge in [-0.15, -0.1) is 0 Å². The monoisotopic (exact) mass is 641 g/mol. The number of halogens is 5. The summed E-state index contributed by atoms with van der Waals surface area (Å²) < 4.78 is 97.0. The van der Waals surface area contributed by atoms with Crippen molar-refractivity contribution in [2.75, 3.05) is 13.1 Å². The summed E-state index contributed by atoms with van der Waals surface area (Å²) in [6.45, 7) is 3.20. The number of aliphatic hydroxyl groups is 1. The van der Waals surface area contributed by atoms with Gasteiger partial charge in [-0.25, -0.2) is 17.2 Å². The van der Waals surface area contributed by atoms with Gasteiger partial charge in [-0.3, -0.25) is 14.6 Å². The molecule has 0 spiro atoms. The van der Waals surface area contributed by atoms with Crippen molar-refractivity contribution in [2.45, 2.75) is 85.6 Å². The number of fused-ring (bicyclic) bond motifs is 4. The number of rotatable bonds is 6. The first-order valence-electron chi connectivity index (χ1n) is 14.4. The van der Waals surface area contributed by atoms with Crippen molar-refractivity contribution in [3.05, 3.63) is 59.2 Å². The molecule has 1 saturated carbocycles. The van der Waals surface area contributed by atoms with E-state index >= 15 is 0 Å². The number of nitrogens with zero attached hydrogens (tertiary/aromatic N) is 3. The van der Waals surface area contributed by atoms with Crippen LogP contribution in [0, 0.1) is 17.7 Å². The minimum atomic E-state index is -5.28. The zero-order valence-corrected chi connectivity index (χ0v) is 25.1. The number of sulfone groups is 1. The molecular weight excluding hydrogens is 609 g/mol. The number of likely N-dealkylation sites (tertiary alicyclic amines) is 2. The zero-order chi connectivity index (χ0) is 32.2. The third-order valence-electron chi connectivity index (χ3n) is 9.60. The van der Waals surface area contributed by atoms with Crippen molar-refractivity contribution in [1.29, 1.82) is 0 Å². The first-order valence-corrected chi connectivity index (χ1v) is 15.9. The van der Waals surface area contributed by atoms with E-state index in [1.54, 1.807) is 0 Å². The average molecular weight is 642 g/mol. The Hall–Kier alpha value is -3.13. The molecule has 238 valence electrons. The van der Waals surface area contributed by atoms with Crippen molar-refractivity contribution < 1.29 is 45.1 Å². The van der Waals surface area contributed by atoms with Gasteiger partial charge in [0.15, 0.2) is 9.84 Å². The molecule has 0 bridgehead atoms. The molecule has 4 aliphatic rings. The molecule has 2 saturated heterocycles. The fraction of sp³-hybridized carbons (Fsp3) is 0.567. The molecule has 1 N–H and O–H groups in total. The molecule has 6 atom stereocenters. The molecule has 8 nitrogen and oxygen atoms in total. The van der Waals surface area contributed by atoms with Gasteiger partial charge in [-0.1, -0.05) is 12.1 Å². The molecule has 1 aromatic heterocycles. The SMILES string of the molecule is CC(C)(O)CN1C(=O)[C@@H]2C[C@@H]2[C@H]1C(=O)N1CCC2(S(=O)(=O)c3cccc(F)c3)c3ccc(C(C)(F)C(F)(F)F)nc3CCC12. The van der Waals surface area contributed by atoms with E-state index in [4.69, 9.17) is 0 Å².